The van der Waals surface area contributed by atoms with Gasteiger partial charge in [0.05, 0.1) is 6.10 Å². The number of rotatable bonds is 3. The summed E-state index contributed by atoms with van der Waals surface area (Å²) in [5, 5.41) is 12.9. The van der Waals surface area contributed by atoms with E-state index in [0.29, 0.717) is 11.4 Å². The molecule has 1 unspecified atom stereocenters. The van der Waals surface area contributed by atoms with Gasteiger partial charge < -0.3 is 5.11 Å². The maximum atomic E-state index is 10.2. The van der Waals surface area contributed by atoms with Crippen LogP contribution in [0.5, 0.6) is 0 Å². The Morgan fingerprint density at radius 1 is 1.24 bits per heavy atom. The fourth-order valence-corrected chi connectivity index (χ4v) is 4.03. The van der Waals surface area contributed by atoms with Crippen molar-refractivity contribution >= 4 is 54.8 Å². The van der Waals surface area contributed by atoms with Crippen molar-refractivity contribution in [1.29, 1.82) is 0 Å². The van der Waals surface area contributed by atoms with Crippen LogP contribution < -0.4 is 0 Å². The summed E-state index contributed by atoms with van der Waals surface area (Å²) in [5.41, 5.74) is 0.856. The zero-order chi connectivity index (χ0) is 12.4. The highest BCUT2D eigenvalue weighted by molar-refractivity contribution is 9.10. The maximum absolute atomic E-state index is 10.2. The second-order valence-corrected chi connectivity index (χ2v) is 6.72. The molecule has 1 N–H and O–H groups in total. The first-order valence-electron chi connectivity index (χ1n) is 4.93. The monoisotopic (exact) mass is 394 g/mol. The minimum Gasteiger partial charge on any atom is -0.388 e. The van der Waals surface area contributed by atoms with Crippen LogP contribution in [0.1, 0.15) is 16.5 Å². The zero-order valence-corrected chi connectivity index (χ0v) is 13.4. The molecular formula is C12H9Br2ClOS. The van der Waals surface area contributed by atoms with E-state index in [4.69, 9.17) is 11.6 Å². The molecule has 0 spiro atoms. The van der Waals surface area contributed by atoms with Crippen LogP contribution in [0.3, 0.4) is 0 Å². The second-order valence-electron chi connectivity index (χ2n) is 3.58. The Morgan fingerprint density at radius 2 is 2.00 bits per heavy atom. The van der Waals surface area contributed by atoms with Crippen LogP contribution in [0.15, 0.2) is 38.6 Å². The van der Waals surface area contributed by atoms with Crippen LogP contribution in [0.4, 0.5) is 0 Å². The number of aliphatic hydroxyl groups is 1. The molecule has 2 rings (SSSR count). The maximum Gasteiger partial charge on any atom is 0.0849 e. The number of benzene rings is 1. The summed E-state index contributed by atoms with van der Waals surface area (Å²) in [6, 6.07) is 7.42. The molecule has 0 aliphatic carbocycles. The third-order valence-electron chi connectivity index (χ3n) is 2.39. The van der Waals surface area contributed by atoms with E-state index in [9.17, 15) is 5.11 Å². The molecule has 0 aliphatic rings. The number of aliphatic hydroxyl groups excluding tert-OH is 1. The smallest absolute Gasteiger partial charge is 0.0849 e. The van der Waals surface area contributed by atoms with E-state index in [1.54, 1.807) is 23.5 Å². The average Bonchev–Trinajstić information content (AvgIpc) is 2.64. The third-order valence-corrected chi connectivity index (χ3v) is 5.26. The summed E-state index contributed by atoms with van der Waals surface area (Å²) in [5.74, 6) is 0. The Bertz CT molecular complexity index is 527. The predicted octanol–water partition coefficient (Wildman–Crippen LogP) is 5.20. The van der Waals surface area contributed by atoms with Gasteiger partial charge >= 0.3 is 0 Å². The van der Waals surface area contributed by atoms with Crippen molar-refractivity contribution in [3.05, 3.63) is 54.1 Å². The van der Waals surface area contributed by atoms with Gasteiger partial charge in [0.2, 0.25) is 0 Å². The predicted molar refractivity (Wildman–Crippen MR) is 79.8 cm³/mol. The van der Waals surface area contributed by atoms with Crippen molar-refractivity contribution < 1.29 is 5.11 Å². The molecule has 5 heteroatoms. The van der Waals surface area contributed by atoms with Gasteiger partial charge in [-0.05, 0) is 45.1 Å². The Balaban J connectivity index is 2.20. The van der Waals surface area contributed by atoms with E-state index >= 15 is 0 Å². The summed E-state index contributed by atoms with van der Waals surface area (Å²) >= 11 is 14.4. The van der Waals surface area contributed by atoms with Crippen LogP contribution in [-0.2, 0) is 6.42 Å². The Morgan fingerprint density at radius 3 is 2.59 bits per heavy atom. The molecular weight excluding hydrogens is 387 g/mol. The molecule has 2 aromatic rings. The summed E-state index contributed by atoms with van der Waals surface area (Å²) in [6.07, 6.45) is 0.0648. The van der Waals surface area contributed by atoms with Crippen LogP contribution in [0.25, 0.3) is 0 Å². The molecule has 17 heavy (non-hydrogen) atoms. The highest BCUT2D eigenvalue weighted by atomic mass is 79.9. The van der Waals surface area contributed by atoms with E-state index in [0.717, 1.165) is 19.4 Å². The number of hydrogen-bond acceptors (Lipinski definition) is 2. The SMILES string of the molecule is OC(Cc1sccc1Br)c1ccc(Cl)cc1Br. The number of hydrogen-bond donors (Lipinski definition) is 1. The summed E-state index contributed by atoms with van der Waals surface area (Å²) in [6.45, 7) is 0. The highest BCUT2D eigenvalue weighted by Crippen LogP contribution is 2.32. The van der Waals surface area contributed by atoms with Gasteiger partial charge in [0.15, 0.2) is 0 Å². The Kier molecular flexibility index (Phi) is 4.66. The standard InChI is InChI=1S/C12H9Br2ClOS/c13-9-3-4-17-12(9)6-11(16)8-2-1-7(15)5-10(8)14/h1-5,11,16H,6H2. The lowest BCUT2D eigenvalue weighted by atomic mass is 10.1. The lowest BCUT2D eigenvalue weighted by Crippen LogP contribution is -2.01. The van der Waals surface area contributed by atoms with Crippen molar-refractivity contribution in [2.75, 3.05) is 0 Å². The molecule has 0 fully saturated rings. The van der Waals surface area contributed by atoms with Gasteiger partial charge in [-0.3, -0.25) is 0 Å². The van der Waals surface area contributed by atoms with E-state index in [2.05, 4.69) is 31.9 Å². The Hall–Kier alpha value is 0.130. The molecule has 90 valence electrons. The first-order valence-corrected chi connectivity index (χ1v) is 7.77. The largest absolute Gasteiger partial charge is 0.388 e. The molecule has 0 bridgehead atoms. The minimum atomic E-state index is -0.531. The van der Waals surface area contributed by atoms with Crippen LogP contribution >= 0.6 is 54.8 Å². The van der Waals surface area contributed by atoms with Gasteiger partial charge in [-0.2, -0.15) is 0 Å². The normalized spacial score (nSPS) is 12.7. The molecule has 0 saturated heterocycles. The molecule has 1 aromatic heterocycles. The molecule has 0 saturated carbocycles. The van der Waals surface area contributed by atoms with E-state index in [-0.39, 0.29) is 0 Å². The highest BCUT2D eigenvalue weighted by Gasteiger charge is 2.14. The fourth-order valence-electron chi connectivity index (χ4n) is 1.53. The summed E-state index contributed by atoms with van der Waals surface area (Å²) in [7, 11) is 0. The Labute approximate surface area is 126 Å². The fraction of sp³-hybridized carbons (Fsp3) is 0.167. The van der Waals surface area contributed by atoms with Crippen molar-refractivity contribution in [3.63, 3.8) is 0 Å². The molecule has 1 nitrogen and oxygen atoms in total. The van der Waals surface area contributed by atoms with Gasteiger partial charge in [0, 0.05) is 25.3 Å². The topological polar surface area (TPSA) is 20.2 Å². The first kappa shape index (κ1) is 13.6. The summed E-state index contributed by atoms with van der Waals surface area (Å²) < 4.78 is 1.89. The lowest BCUT2D eigenvalue weighted by Gasteiger charge is -2.12. The second kappa shape index (κ2) is 5.85. The zero-order valence-electron chi connectivity index (χ0n) is 8.66. The quantitative estimate of drug-likeness (QED) is 0.756. The molecule has 0 amide bonds. The van der Waals surface area contributed by atoms with Gasteiger partial charge in [-0.25, -0.2) is 0 Å². The number of halogens is 3. The van der Waals surface area contributed by atoms with Crippen molar-refractivity contribution in [2.45, 2.75) is 12.5 Å². The molecule has 0 aliphatic heterocycles. The van der Waals surface area contributed by atoms with Crippen molar-refractivity contribution in [1.82, 2.24) is 0 Å². The summed E-state index contributed by atoms with van der Waals surface area (Å²) in [4.78, 5) is 1.14. The van der Waals surface area contributed by atoms with E-state index in [1.807, 2.05) is 17.5 Å². The molecule has 1 heterocycles. The number of thiophene rings is 1. The third kappa shape index (κ3) is 3.32. The lowest BCUT2D eigenvalue weighted by molar-refractivity contribution is 0.178. The minimum absolute atomic E-state index is 0.531. The van der Waals surface area contributed by atoms with E-state index < -0.39 is 6.10 Å². The first-order chi connectivity index (χ1) is 8.08. The molecule has 1 atom stereocenters. The van der Waals surface area contributed by atoms with Crippen LogP contribution in [0, 0.1) is 0 Å². The van der Waals surface area contributed by atoms with Crippen LogP contribution in [0.2, 0.25) is 5.02 Å². The van der Waals surface area contributed by atoms with Crippen molar-refractivity contribution in [2.24, 2.45) is 0 Å². The molecule has 1 aromatic carbocycles. The van der Waals surface area contributed by atoms with Gasteiger partial charge in [-0.1, -0.05) is 33.6 Å². The van der Waals surface area contributed by atoms with Gasteiger partial charge in [0.25, 0.3) is 0 Å². The average molecular weight is 397 g/mol. The van der Waals surface area contributed by atoms with Gasteiger partial charge in [-0.15, -0.1) is 11.3 Å². The van der Waals surface area contributed by atoms with Crippen molar-refractivity contribution in [3.8, 4) is 0 Å². The van der Waals surface area contributed by atoms with Crippen LogP contribution in [-0.4, -0.2) is 5.11 Å². The van der Waals surface area contributed by atoms with E-state index in [1.165, 1.54) is 0 Å². The molecule has 0 radical (unpaired) electrons. The van der Waals surface area contributed by atoms with Gasteiger partial charge in [0.1, 0.15) is 0 Å².